The lowest BCUT2D eigenvalue weighted by atomic mass is 10.1. The zero-order valence-corrected chi connectivity index (χ0v) is 12.1. The number of carboxylic acid groups (broad SMARTS) is 1. The van der Waals surface area contributed by atoms with Crippen molar-refractivity contribution < 1.29 is 19.4 Å². The number of halogens is 2. The summed E-state index contributed by atoms with van der Waals surface area (Å²) in [6.45, 7) is 0.548. The third-order valence-electron chi connectivity index (χ3n) is 2.86. The predicted molar refractivity (Wildman–Crippen MR) is 72.4 cm³/mol. The van der Waals surface area contributed by atoms with Crippen LogP contribution in [0.3, 0.4) is 0 Å². The van der Waals surface area contributed by atoms with E-state index in [4.69, 9.17) is 21.4 Å². The molecular formula is C12H11BrClNO4. The quantitative estimate of drug-likeness (QED) is 0.888. The Morgan fingerprint density at radius 3 is 2.89 bits per heavy atom. The van der Waals surface area contributed by atoms with Gasteiger partial charge in [-0.25, -0.2) is 4.79 Å². The Labute approximate surface area is 123 Å². The van der Waals surface area contributed by atoms with Crippen LogP contribution in [0.5, 0.6) is 0 Å². The van der Waals surface area contributed by atoms with Gasteiger partial charge in [-0.1, -0.05) is 17.7 Å². The van der Waals surface area contributed by atoms with Gasteiger partial charge in [-0.3, -0.25) is 4.79 Å². The van der Waals surface area contributed by atoms with Crippen molar-refractivity contribution in [3.8, 4) is 0 Å². The monoisotopic (exact) mass is 347 g/mol. The number of nitrogens with zero attached hydrogens (tertiary/aromatic N) is 1. The first-order chi connectivity index (χ1) is 9.02. The standard InChI is InChI=1S/C12H11BrClNO4/c13-8-3-1-2-7(10(8)14)11(16)15-4-5-19-6-9(15)12(17)18/h1-3,9H,4-6H2,(H,17,18). The van der Waals surface area contributed by atoms with E-state index >= 15 is 0 Å². The SMILES string of the molecule is O=C(O)C1COCCN1C(=O)c1cccc(Br)c1Cl. The van der Waals surface area contributed by atoms with Gasteiger partial charge in [0.1, 0.15) is 0 Å². The molecule has 1 atom stereocenters. The first-order valence-electron chi connectivity index (χ1n) is 5.58. The molecule has 1 aromatic carbocycles. The van der Waals surface area contributed by atoms with Crippen molar-refractivity contribution in [2.75, 3.05) is 19.8 Å². The Morgan fingerprint density at radius 1 is 1.47 bits per heavy atom. The van der Waals surface area contributed by atoms with Crippen molar-refractivity contribution in [1.82, 2.24) is 4.90 Å². The zero-order chi connectivity index (χ0) is 14.0. The molecule has 1 heterocycles. The minimum absolute atomic E-state index is 0.00725. The van der Waals surface area contributed by atoms with Gasteiger partial charge in [0, 0.05) is 11.0 Å². The van der Waals surface area contributed by atoms with Crippen LogP contribution in [0.15, 0.2) is 22.7 Å². The Bertz CT molecular complexity index is 522. The van der Waals surface area contributed by atoms with Gasteiger partial charge in [0.05, 0.1) is 23.8 Å². The number of carboxylic acids is 1. The summed E-state index contributed by atoms with van der Waals surface area (Å²) >= 11 is 9.30. The third kappa shape index (κ3) is 2.91. The lowest BCUT2D eigenvalue weighted by Gasteiger charge is -2.33. The molecule has 2 rings (SSSR count). The van der Waals surface area contributed by atoms with Crippen molar-refractivity contribution >= 4 is 39.4 Å². The van der Waals surface area contributed by atoms with Gasteiger partial charge in [-0.15, -0.1) is 0 Å². The van der Waals surface area contributed by atoms with E-state index in [1.165, 1.54) is 4.90 Å². The smallest absolute Gasteiger partial charge is 0.328 e. The summed E-state index contributed by atoms with van der Waals surface area (Å²) in [6.07, 6.45) is 0. The van der Waals surface area contributed by atoms with Gasteiger partial charge in [0.15, 0.2) is 6.04 Å². The zero-order valence-electron chi connectivity index (χ0n) is 9.81. The number of hydrogen-bond donors (Lipinski definition) is 1. The van der Waals surface area contributed by atoms with E-state index in [0.29, 0.717) is 11.1 Å². The average Bonchev–Trinajstić information content (AvgIpc) is 2.41. The second kappa shape index (κ2) is 5.90. The first kappa shape index (κ1) is 14.3. The lowest BCUT2D eigenvalue weighted by molar-refractivity contribution is -0.147. The second-order valence-corrected chi connectivity index (χ2v) is 5.26. The van der Waals surface area contributed by atoms with Crippen molar-refractivity contribution in [2.45, 2.75) is 6.04 Å². The molecule has 1 N–H and O–H groups in total. The molecule has 1 aromatic rings. The number of aliphatic carboxylic acids is 1. The number of hydrogen-bond acceptors (Lipinski definition) is 3. The van der Waals surface area contributed by atoms with Crippen LogP contribution < -0.4 is 0 Å². The van der Waals surface area contributed by atoms with E-state index in [1.807, 2.05) is 0 Å². The van der Waals surface area contributed by atoms with Crippen LogP contribution in [0.1, 0.15) is 10.4 Å². The normalized spacial score (nSPS) is 19.3. The number of amides is 1. The Kier molecular flexibility index (Phi) is 4.44. The van der Waals surface area contributed by atoms with E-state index in [1.54, 1.807) is 18.2 Å². The fraction of sp³-hybridized carbons (Fsp3) is 0.333. The maximum atomic E-state index is 12.4. The van der Waals surface area contributed by atoms with Crippen LogP contribution >= 0.6 is 27.5 Å². The summed E-state index contributed by atoms with van der Waals surface area (Å²) in [4.78, 5) is 24.8. The highest BCUT2D eigenvalue weighted by atomic mass is 79.9. The fourth-order valence-electron chi connectivity index (χ4n) is 1.88. The van der Waals surface area contributed by atoms with Crippen LogP contribution in [-0.4, -0.2) is 47.7 Å². The van der Waals surface area contributed by atoms with Crippen LogP contribution in [-0.2, 0) is 9.53 Å². The van der Waals surface area contributed by atoms with E-state index in [0.717, 1.165) is 0 Å². The van der Waals surface area contributed by atoms with Crippen LogP contribution in [0.25, 0.3) is 0 Å². The molecule has 19 heavy (non-hydrogen) atoms. The number of ether oxygens (including phenoxy) is 1. The average molecular weight is 349 g/mol. The Hall–Kier alpha value is -1.11. The maximum Gasteiger partial charge on any atom is 0.328 e. The topological polar surface area (TPSA) is 66.8 Å². The molecule has 5 nitrogen and oxygen atoms in total. The fourth-order valence-corrected chi connectivity index (χ4v) is 2.45. The molecule has 1 amide bonds. The number of benzene rings is 1. The molecule has 1 saturated heterocycles. The summed E-state index contributed by atoms with van der Waals surface area (Å²) in [6, 6.07) is 3.99. The molecule has 0 saturated carbocycles. The molecule has 0 spiro atoms. The van der Waals surface area contributed by atoms with Gasteiger partial charge in [0.25, 0.3) is 5.91 Å². The minimum atomic E-state index is -1.08. The summed E-state index contributed by atoms with van der Waals surface area (Å²) < 4.78 is 5.69. The van der Waals surface area contributed by atoms with E-state index < -0.39 is 17.9 Å². The Balaban J connectivity index is 2.31. The van der Waals surface area contributed by atoms with Crippen LogP contribution in [0.2, 0.25) is 5.02 Å². The van der Waals surface area contributed by atoms with E-state index in [2.05, 4.69) is 15.9 Å². The summed E-state index contributed by atoms with van der Waals surface area (Å²) in [5.74, 6) is -1.49. The van der Waals surface area contributed by atoms with Crippen molar-refractivity contribution in [1.29, 1.82) is 0 Å². The molecular weight excluding hydrogens is 337 g/mol. The number of morpholine rings is 1. The minimum Gasteiger partial charge on any atom is -0.480 e. The predicted octanol–water partition coefficient (Wildman–Crippen LogP) is 2.03. The molecule has 1 fully saturated rings. The van der Waals surface area contributed by atoms with E-state index in [9.17, 15) is 9.59 Å². The summed E-state index contributed by atoms with van der Waals surface area (Å²) in [5.41, 5.74) is 0.282. The number of carbonyl (C=O) groups is 2. The highest BCUT2D eigenvalue weighted by Gasteiger charge is 2.34. The molecule has 0 aromatic heterocycles. The van der Waals surface area contributed by atoms with Crippen LogP contribution in [0.4, 0.5) is 0 Å². The van der Waals surface area contributed by atoms with Crippen molar-refractivity contribution in [3.63, 3.8) is 0 Å². The van der Waals surface area contributed by atoms with Crippen molar-refractivity contribution in [2.24, 2.45) is 0 Å². The molecule has 0 radical (unpaired) electrons. The Morgan fingerprint density at radius 2 is 2.21 bits per heavy atom. The number of carbonyl (C=O) groups excluding carboxylic acids is 1. The molecule has 7 heteroatoms. The van der Waals surface area contributed by atoms with Crippen molar-refractivity contribution in [3.05, 3.63) is 33.3 Å². The van der Waals surface area contributed by atoms with Gasteiger partial charge in [-0.05, 0) is 28.1 Å². The molecule has 1 unspecified atom stereocenters. The van der Waals surface area contributed by atoms with Gasteiger partial charge in [-0.2, -0.15) is 0 Å². The molecule has 102 valence electrons. The third-order valence-corrected chi connectivity index (χ3v) is 4.15. The second-order valence-electron chi connectivity index (χ2n) is 4.03. The highest BCUT2D eigenvalue weighted by molar-refractivity contribution is 9.10. The van der Waals surface area contributed by atoms with Gasteiger partial charge >= 0.3 is 5.97 Å². The molecule has 0 bridgehead atoms. The highest BCUT2D eigenvalue weighted by Crippen LogP contribution is 2.27. The molecule has 1 aliphatic rings. The molecule has 1 aliphatic heterocycles. The summed E-state index contributed by atoms with van der Waals surface area (Å²) in [7, 11) is 0. The largest absolute Gasteiger partial charge is 0.480 e. The van der Waals surface area contributed by atoms with Gasteiger partial charge < -0.3 is 14.7 Å². The summed E-state index contributed by atoms with van der Waals surface area (Å²) in [5, 5.41) is 9.39. The maximum absolute atomic E-state index is 12.4. The molecule has 0 aliphatic carbocycles. The van der Waals surface area contributed by atoms with E-state index in [-0.39, 0.29) is 23.7 Å². The van der Waals surface area contributed by atoms with Crippen LogP contribution in [0, 0.1) is 0 Å². The lowest BCUT2D eigenvalue weighted by Crippen LogP contribution is -2.52. The van der Waals surface area contributed by atoms with Gasteiger partial charge in [0.2, 0.25) is 0 Å². The number of rotatable bonds is 2. The first-order valence-corrected chi connectivity index (χ1v) is 6.75.